The zero-order chi connectivity index (χ0) is 19.8. The molecule has 1 aliphatic heterocycles. The third-order valence-corrected chi connectivity index (χ3v) is 5.44. The van der Waals surface area contributed by atoms with Crippen molar-refractivity contribution in [2.24, 2.45) is 0 Å². The Kier molecular flexibility index (Phi) is 4.88. The van der Waals surface area contributed by atoms with E-state index in [1.165, 1.54) is 37.3 Å². The molecule has 9 heteroatoms. The molecule has 0 aromatic heterocycles. The van der Waals surface area contributed by atoms with Crippen LogP contribution in [-0.2, 0) is 14.8 Å². The van der Waals surface area contributed by atoms with E-state index in [4.69, 9.17) is 4.74 Å². The number of ether oxygens (including phenoxy) is 1. The molecule has 142 valence electrons. The summed E-state index contributed by atoms with van der Waals surface area (Å²) >= 11 is 0. The molecule has 2 amide bonds. The van der Waals surface area contributed by atoms with Crippen molar-refractivity contribution in [3.63, 3.8) is 0 Å². The van der Waals surface area contributed by atoms with Crippen molar-refractivity contribution < 1.29 is 27.1 Å². The van der Waals surface area contributed by atoms with Crippen LogP contribution >= 0.6 is 0 Å². The van der Waals surface area contributed by atoms with E-state index < -0.39 is 27.9 Å². The zero-order valence-corrected chi connectivity index (χ0v) is 15.4. The SMILES string of the molecule is CC[C@H]1Oc2ccc(S(=O)(=O)NC(=O)c3ccc(C)c(F)c3)cc2NC1=O. The van der Waals surface area contributed by atoms with E-state index in [1.807, 2.05) is 4.72 Å². The van der Waals surface area contributed by atoms with Crippen LogP contribution < -0.4 is 14.8 Å². The maximum absolute atomic E-state index is 13.6. The fourth-order valence-corrected chi connectivity index (χ4v) is 3.54. The number of amides is 2. The molecule has 2 aromatic carbocycles. The average molecular weight is 392 g/mol. The van der Waals surface area contributed by atoms with Gasteiger partial charge in [-0.05, 0) is 49.2 Å². The normalized spacial score (nSPS) is 16.1. The topological polar surface area (TPSA) is 102 Å². The van der Waals surface area contributed by atoms with Gasteiger partial charge in [-0.2, -0.15) is 0 Å². The number of halogens is 1. The van der Waals surface area contributed by atoms with Crippen LogP contribution in [0.15, 0.2) is 41.3 Å². The highest BCUT2D eigenvalue weighted by Crippen LogP contribution is 2.32. The zero-order valence-electron chi connectivity index (χ0n) is 14.6. The number of benzene rings is 2. The number of fused-ring (bicyclic) bond motifs is 1. The lowest BCUT2D eigenvalue weighted by atomic mass is 10.1. The van der Waals surface area contributed by atoms with Crippen molar-refractivity contribution in [1.29, 1.82) is 0 Å². The molecule has 0 bridgehead atoms. The van der Waals surface area contributed by atoms with Crippen LogP contribution in [0.2, 0.25) is 0 Å². The second kappa shape index (κ2) is 6.99. The monoisotopic (exact) mass is 392 g/mol. The predicted molar refractivity (Wildman–Crippen MR) is 95.6 cm³/mol. The minimum absolute atomic E-state index is 0.123. The number of sulfonamides is 1. The lowest BCUT2D eigenvalue weighted by Crippen LogP contribution is -2.36. The summed E-state index contributed by atoms with van der Waals surface area (Å²) in [7, 11) is -4.23. The fourth-order valence-electron chi connectivity index (χ4n) is 2.54. The molecule has 2 N–H and O–H groups in total. The predicted octanol–water partition coefficient (Wildman–Crippen LogP) is 2.36. The third-order valence-electron chi connectivity index (χ3n) is 4.11. The fraction of sp³-hybridized carbons (Fsp3) is 0.222. The molecule has 27 heavy (non-hydrogen) atoms. The van der Waals surface area contributed by atoms with Gasteiger partial charge in [-0.3, -0.25) is 9.59 Å². The first kappa shape index (κ1) is 18.8. The molecule has 1 heterocycles. The molecular formula is C18H17FN2O5S. The number of anilines is 1. The Morgan fingerprint density at radius 1 is 1.26 bits per heavy atom. The third kappa shape index (κ3) is 3.77. The van der Waals surface area contributed by atoms with Crippen LogP contribution in [0.5, 0.6) is 5.75 Å². The molecular weight excluding hydrogens is 375 g/mol. The van der Waals surface area contributed by atoms with Crippen LogP contribution in [0.25, 0.3) is 0 Å². The number of rotatable bonds is 4. The van der Waals surface area contributed by atoms with Gasteiger partial charge in [0, 0.05) is 5.56 Å². The van der Waals surface area contributed by atoms with E-state index in [9.17, 15) is 22.4 Å². The van der Waals surface area contributed by atoms with Gasteiger partial charge in [-0.25, -0.2) is 17.5 Å². The Bertz CT molecular complexity index is 1040. The second-order valence-corrected chi connectivity index (χ2v) is 7.74. The largest absolute Gasteiger partial charge is 0.478 e. The molecule has 3 rings (SSSR count). The van der Waals surface area contributed by atoms with Crippen molar-refractivity contribution in [3.8, 4) is 5.75 Å². The molecule has 2 aromatic rings. The maximum Gasteiger partial charge on any atom is 0.265 e. The van der Waals surface area contributed by atoms with Crippen LogP contribution in [0.1, 0.15) is 29.3 Å². The number of carbonyl (C=O) groups excluding carboxylic acids is 2. The van der Waals surface area contributed by atoms with E-state index in [0.29, 0.717) is 17.7 Å². The summed E-state index contributed by atoms with van der Waals surface area (Å²) in [4.78, 5) is 23.8. The summed E-state index contributed by atoms with van der Waals surface area (Å²) in [6, 6.07) is 7.54. The summed E-state index contributed by atoms with van der Waals surface area (Å²) in [5, 5.41) is 2.58. The van der Waals surface area contributed by atoms with E-state index in [-0.39, 0.29) is 22.1 Å². The Morgan fingerprint density at radius 2 is 2.00 bits per heavy atom. The Labute approximate surface area is 155 Å². The van der Waals surface area contributed by atoms with Crippen molar-refractivity contribution >= 4 is 27.5 Å². The quantitative estimate of drug-likeness (QED) is 0.832. The van der Waals surface area contributed by atoms with Gasteiger partial charge in [0.2, 0.25) is 0 Å². The van der Waals surface area contributed by atoms with Crippen LogP contribution in [0.4, 0.5) is 10.1 Å². The first-order valence-corrected chi connectivity index (χ1v) is 9.64. The summed E-state index contributed by atoms with van der Waals surface area (Å²) in [5.74, 6) is -1.61. The van der Waals surface area contributed by atoms with Gasteiger partial charge < -0.3 is 10.1 Å². The van der Waals surface area contributed by atoms with E-state index in [1.54, 1.807) is 6.92 Å². The van der Waals surface area contributed by atoms with Crippen LogP contribution in [0, 0.1) is 12.7 Å². The van der Waals surface area contributed by atoms with Crippen molar-refractivity contribution in [3.05, 3.63) is 53.3 Å². The van der Waals surface area contributed by atoms with Crippen LogP contribution in [-0.4, -0.2) is 26.3 Å². The summed E-state index contributed by atoms with van der Waals surface area (Å²) in [6.45, 7) is 3.32. The average Bonchev–Trinajstić information content (AvgIpc) is 2.62. The molecule has 0 spiro atoms. The number of hydrogen-bond acceptors (Lipinski definition) is 5. The molecule has 0 fully saturated rings. The molecule has 0 aliphatic carbocycles. The Hall–Kier alpha value is -2.94. The summed E-state index contributed by atoms with van der Waals surface area (Å²) in [5.41, 5.74) is 0.411. The van der Waals surface area contributed by atoms with Crippen molar-refractivity contribution in [2.45, 2.75) is 31.3 Å². The van der Waals surface area contributed by atoms with Gasteiger partial charge in [0.15, 0.2) is 6.10 Å². The highest BCUT2D eigenvalue weighted by atomic mass is 32.2. The highest BCUT2D eigenvalue weighted by molar-refractivity contribution is 7.90. The van der Waals surface area contributed by atoms with Crippen molar-refractivity contribution in [1.82, 2.24) is 4.72 Å². The number of hydrogen-bond donors (Lipinski definition) is 2. The lowest BCUT2D eigenvalue weighted by Gasteiger charge is -2.25. The van der Waals surface area contributed by atoms with Gasteiger partial charge in [-0.1, -0.05) is 13.0 Å². The van der Waals surface area contributed by atoms with Gasteiger partial charge in [0.1, 0.15) is 11.6 Å². The Balaban J connectivity index is 1.85. The smallest absolute Gasteiger partial charge is 0.265 e. The standard InChI is InChI=1S/C18H17FN2O5S/c1-3-15-18(23)20-14-9-12(6-7-16(14)26-15)27(24,25)21-17(22)11-5-4-10(2)13(19)8-11/h4-9,15H,3H2,1-2H3,(H,20,23)(H,21,22)/t15-/m1/s1. The summed E-state index contributed by atoms with van der Waals surface area (Å²) < 4.78 is 45.9. The van der Waals surface area contributed by atoms with Gasteiger partial charge in [0.05, 0.1) is 10.6 Å². The van der Waals surface area contributed by atoms with Crippen molar-refractivity contribution in [2.75, 3.05) is 5.32 Å². The molecule has 1 atom stereocenters. The lowest BCUT2D eigenvalue weighted by molar-refractivity contribution is -0.123. The van der Waals surface area contributed by atoms with Crippen LogP contribution in [0.3, 0.4) is 0 Å². The number of carbonyl (C=O) groups is 2. The van der Waals surface area contributed by atoms with Gasteiger partial charge >= 0.3 is 0 Å². The molecule has 1 aliphatic rings. The number of aryl methyl sites for hydroxylation is 1. The minimum Gasteiger partial charge on any atom is -0.478 e. The maximum atomic E-state index is 13.6. The van der Waals surface area contributed by atoms with E-state index in [2.05, 4.69) is 5.32 Å². The second-order valence-electron chi connectivity index (χ2n) is 6.06. The highest BCUT2D eigenvalue weighted by Gasteiger charge is 2.28. The molecule has 0 unspecified atom stereocenters. The molecule has 0 saturated carbocycles. The molecule has 0 saturated heterocycles. The van der Waals surface area contributed by atoms with Gasteiger partial charge in [0.25, 0.3) is 21.8 Å². The van der Waals surface area contributed by atoms with Gasteiger partial charge in [-0.15, -0.1) is 0 Å². The Morgan fingerprint density at radius 3 is 2.67 bits per heavy atom. The molecule has 7 nitrogen and oxygen atoms in total. The van der Waals surface area contributed by atoms with E-state index in [0.717, 1.165) is 6.07 Å². The number of nitrogens with one attached hydrogen (secondary N) is 2. The first-order valence-electron chi connectivity index (χ1n) is 8.16. The molecule has 0 radical (unpaired) electrons. The minimum atomic E-state index is -4.23. The first-order chi connectivity index (χ1) is 12.7. The summed E-state index contributed by atoms with van der Waals surface area (Å²) in [6.07, 6.45) is -0.176. The van der Waals surface area contributed by atoms with E-state index >= 15 is 0 Å².